The molecule has 2 aromatic carbocycles. The van der Waals surface area contributed by atoms with Crippen LogP contribution >= 0.6 is 0 Å². The Balaban J connectivity index is 1.52. The molecule has 0 aromatic heterocycles. The number of carbonyl (C=O) groups is 2. The molecule has 1 saturated heterocycles. The number of aliphatic hydroxyl groups is 1. The Bertz CT molecular complexity index is 889. The average Bonchev–Trinajstić information content (AvgIpc) is 3.09. The fourth-order valence-corrected chi connectivity index (χ4v) is 3.24. The summed E-state index contributed by atoms with van der Waals surface area (Å²) in [4.78, 5) is 24.3. The lowest BCUT2D eigenvalue weighted by Gasteiger charge is -2.19. The first-order chi connectivity index (χ1) is 14.3. The molecule has 6 nitrogen and oxygen atoms in total. The molecule has 1 heterocycles. The molecule has 1 fully saturated rings. The molecule has 160 valence electrons. The molecule has 2 aromatic rings. The quantitative estimate of drug-likeness (QED) is 0.667. The first kappa shape index (κ1) is 21.8. The number of aliphatic hydroxyl groups excluding tert-OH is 1. The standard InChI is InChI=1S/C21H21F3N2O4/c22-21(23,24)16-9-5-4-8-15(16)20(29)26-11-17-18(27)14(12-30-17)10-25-19(28)13-6-2-1-3-7-13/h1-9,14,17-18,27H,10-12H2,(H,25,28)(H,26,29)/t14-,17-,18+/m1/s1. The minimum absolute atomic E-state index is 0.149. The van der Waals surface area contributed by atoms with Gasteiger partial charge in [-0.05, 0) is 24.3 Å². The summed E-state index contributed by atoms with van der Waals surface area (Å²) in [6.07, 6.45) is -6.43. The maximum absolute atomic E-state index is 13.1. The number of alkyl halides is 3. The van der Waals surface area contributed by atoms with Gasteiger partial charge in [0.1, 0.15) is 6.10 Å². The van der Waals surface area contributed by atoms with Gasteiger partial charge in [-0.25, -0.2) is 0 Å². The molecular weight excluding hydrogens is 401 g/mol. The molecule has 3 atom stereocenters. The second kappa shape index (κ2) is 9.27. The van der Waals surface area contributed by atoms with Crippen molar-refractivity contribution in [2.24, 2.45) is 5.92 Å². The Morgan fingerprint density at radius 2 is 1.60 bits per heavy atom. The molecule has 9 heteroatoms. The summed E-state index contributed by atoms with van der Waals surface area (Å²) in [5.74, 6) is -1.59. The van der Waals surface area contributed by atoms with E-state index in [0.717, 1.165) is 12.1 Å². The summed E-state index contributed by atoms with van der Waals surface area (Å²) in [7, 11) is 0. The van der Waals surface area contributed by atoms with Gasteiger partial charge in [-0.2, -0.15) is 13.2 Å². The molecule has 1 aliphatic heterocycles. The van der Waals surface area contributed by atoms with Crippen molar-refractivity contribution in [3.05, 3.63) is 71.3 Å². The molecule has 30 heavy (non-hydrogen) atoms. The Hall–Kier alpha value is -2.91. The van der Waals surface area contributed by atoms with Crippen LogP contribution in [0.4, 0.5) is 13.2 Å². The number of carbonyl (C=O) groups excluding carboxylic acids is 2. The summed E-state index contributed by atoms with van der Waals surface area (Å²) in [6.45, 7) is 0.154. The van der Waals surface area contributed by atoms with Crippen molar-refractivity contribution >= 4 is 11.8 Å². The van der Waals surface area contributed by atoms with Gasteiger partial charge in [0, 0.05) is 24.6 Å². The number of halogens is 3. The third kappa shape index (κ3) is 5.17. The van der Waals surface area contributed by atoms with Crippen LogP contribution in [0.25, 0.3) is 0 Å². The zero-order chi connectivity index (χ0) is 21.7. The number of benzene rings is 2. The van der Waals surface area contributed by atoms with Crippen molar-refractivity contribution in [1.29, 1.82) is 0 Å². The van der Waals surface area contributed by atoms with Crippen molar-refractivity contribution in [2.75, 3.05) is 19.7 Å². The van der Waals surface area contributed by atoms with Crippen molar-refractivity contribution in [3.8, 4) is 0 Å². The number of ether oxygens (including phenoxy) is 1. The van der Waals surface area contributed by atoms with E-state index in [0.29, 0.717) is 5.56 Å². The van der Waals surface area contributed by atoms with Crippen LogP contribution in [0.2, 0.25) is 0 Å². The highest BCUT2D eigenvalue weighted by Gasteiger charge is 2.37. The van der Waals surface area contributed by atoms with Gasteiger partial charge < -0.3 is 20.5 Å². The van der Waals surface area contributed by atoms with Crippen molar-refractivity contribution < 1.29 is 32.6 Å². The first-order valence-corrected chi connectivity index (χ1v) is 9.34. The van der Waals surface area contributed by atoms with E-state index in [1.54, 1.807) is 30.3 Å². The van der Waals surface area contributed by atoms with E-state index in [4.69, 9.17) is 4.74 Å². The number of nitrogens with one attached hydrogen (secondary N) is 2. The van der Waals surface area contributed by atoms with E-state index < -0.39 is 41.3 Å². The minimum Gasteiger partial charge on any atom is -0.390 e. The molecule has 0 unspecified atom stereocenters. The maximum atomic E-state index is 13.1. The Labute approximate surface area is 171 Å². The predicted molar refractivity (Wildman–Crippen MR) is 102 cm³/mol. The topological polar surface area (TPSA) is 87.7 Å². The van der Waals surface area contributed by atoms with Crippen LogP contribution in [-0.4, -0.2) is 48.8 Å². The molecule has 3 rings (SSSR count). The van der Waals surface area contributed by atoms with Gasteiger partial charge in [0.25, 0.3) is 11.8 Å². The van der Waals surface area contributed by atoms with Gasteiger partial charge >= 0.3 is 6.18 Å². The monoisotopic (exact) mass is 422 g/mol. The van der Waals surface area contributed by atoms with Crippen molar-refractivity contribution in [1.82, 2.24) is 10.6 Å². The lowest BCUT2D eigenvalue weighted by atomic mass is 10.0. The van der Waals surface area contributed by atoms with Gasteiger partial charge in [0.05, 0.1) is 23.8 Å². The van der Waals surface area contributed by atoms with Crippen molar-refractivity contribution in [3.63, 3.8) is 0 Å². The smallest absolute Gasteiger partial charge is 0.390 e. The highest BCUT2D eigenvalue weighted by Crippen LogP contribution is 2.31. The zero-order valence-electron chi connectivity index (χ0n) is 15.9. The summed E-state index contributed by atoms with van der Waals surface area (Å²) in [6, 6.07) is 13.1. The lowest BCUT2D eigenvalue weighted by Crippen LogP contribution is -2.41. The van der Waals surface area contributed by atoms with Gasteiger partial charge in [-0.3, -0.25) is 9.59 Å². The third-order valence-corrected chi connectivity index (χ3v) is 4.89. The largest absolute Gasteiger partial charge is 0.417 e. The number of hydrogen-bond donors (Lipinski definition) is 3. The number of amides is 2. The molecule has 0 bridgehead atoms. The third-order valence-electron chi connectivity index (χ3n) is 4.89. The first-order valence-electron chi connectivity index (χ1n) is 9.34. The summed E-state index contributed by atoms with van der Waals surface area (Å²) in [5.41, 5.74) is -1.04. The number of rotatable bonds is 6. The van der Waals surface area contributed by atoms with Gasteiger partial charge in [0.2, 0.25) is 0 Å². The molecule has 0 spiro atoms. The normalized spacial score (nSPS) is 21.3. The van der Waals surface area contributed by atoms with Crippen LogP contribution in [0.15, 0.2) is 54.6 Å². The zero-order valence-corrected chi connectivity index (χ0v) is 15.9. The second-order valence-corrected chi connectivity index (χ2v) is 6.95. The molecule has 0 saturated carbocycles. The summed E-state index contributed by atoms with van der Waals surface area (Å²) in [5, 5.41) is 15.5. The van der Waals surface area contributed by atoms with E-state index in [2.05, 4.69) is 10.6 Å². The number of hydrogen-bond acceptors (Lipinski definition) is 4. The van der Waals surface area contributed by atoms with Crippen LogP contribution in [0.1, 0.15) is 26.3 Å². The van der Waals surface area contributed by atoms with Crippen molar-refractivity contribution in [2.45, 2.75) is 18.4 Å². The lowest BCUT2D eigenvalue weighted by molar-refractivity contribution is -0.137. The average molecular weight is 422 g/mol. The van der Waals surface area contributed by atoms with E-state index >= 15 is 0 Å². The molecule has 3 N–H and O–H groups in total. The molecule has 1 aliphatic rings. The fourth-order valence-electron chi connectivity index (χ4n) is 3.24. The summed E-state index contributed by atoms with van der Waals surface area (Å²) < 4.78 is 44.6. The van der Waals surface area contributed by atoms with Gasteiger partial charge in [-0.15, -0.1) is 0 Å². The SMILES string of the molecule is O=C(NC[C@@H]1CO[C@H](CNC(=O)c2ccccc2C(F)(F)F)[C@H]1O)c1ccccc1. The Kier molecular flexibility index (Phi) is 6.73. The fraction of sp³-hybridized carbons (Fsp3) is 0.333. The summed E-state index contributed by atoms with van der Waals surface area (Å²) >= 11 is 0. The van der Waals surface area contributed by atoms with Crippen LogP contribution in [0.3, 0.4) is 0 Å². The van der Waals surface area contributed by atoms with E-state index in [-0.39, 0.29) is 25.6 Å². The van der Waals surface area contributed by atoms with E-state index in [1.807, 2.05) is 0 Å². The second-order valence-electron chi connectivity index (χ2n) is 6.95. The maximum Gasteiger partial charge on any atom is 0.417 e. The van der Waals surface area contributed by atoms with Gasteiger partial charge in [0.15, 0.2) is 0 Å². The van der Waals surface area contributed by atoms with Crippen LogP contribution < -0.4 is 10.6 Å². The van der Waals surface area contributed by atoms with Crippen LogP contribution in [-0.2, 0) is 10.9 Å². The highest BCUT2D eigenvalue weighted by molar-refractivity contribution is 5.96. The minimum atomic E-state index is -4.65. The molecule has 0 radical (unpaired) electrons. The predicted octanol–water partition coefficient (Wildman–Crippen LogP) is 2.24. The highest BCUT2D eigenvalue weighted by atomic mass is 19.4. The van der Waals surface area contributed by atoms with Crippen LogP contribution in [0.5, 0.6) is 0 Å². The van der Waals surface area contributed by atoms with E-state index in [9.17, 15) is 27.9 Å². The molecule has 0 aliphatic carbocycles. The van der Waals surface area contributed by atoms with Gasteiger partial charge in [-0.1, -0.05) is 30.3 Å². The molecule has 2 amide bonds. The van der Waals surface area contributed by atoms with E-state index in [1.165, 1.54) is 12.1 Å². The Morgan fingerprint density at radius 3 is 2.30 bits per heavy atom. The van der Waals surface area contributed by atoms with Crippen LogP contribution in [0, 0.1) is 5.92 Å². The Morgan fingerprint density at radius 1 is 0.967 bits per heavy atom. The molecular formula is C21H21F3N2O4.